The fraction of sp³-hybridized carbons (Fsp3) is 0.455. The largest absolute Gasteiger partial charge is 0.474 e. The third-order valence-electron chi connectivity index (χ3n) is 5.55. The van der Waals surface area contributed by atoms with Gasteiger partial charge in [-0.1, -0.05) is 6.07 Å². The fourth-order valence-electron chi connectivity index (χ4n) is 3.82. The van der Waals surface area contributed by atoms with Gasteiger partial charge in [0.15, 0.2) is 0 Å². The van der Waals surface area contributed by atoms with Crippen molar-refractivity contribution in [2.24, 2.45) is 0 Å². The van der Waals surface area contributed by atoms with Crippen LogP contribution in [0.25, 0.3) is 0 Å². The van der Waals surface area contributed by atoms with Gasteiger partial charge in [0, 0.05) is 37.5 Å². The van der Waals surface area contributed by atoms with Gasteiger partial charge in [-0.05, 0) is 55.5 Å². The summed E-state index contributed by atoms with van der Waals surface area (Å²) in [6.07, 6.45) is 6.34. The SMILES string of the molecule is O=C(NCc1ccnc(OC2CCCC2)c1)c1cccc(S(=O)(=O)N2CCOCC2)c1. The highest BCUT2D eigenvalue weighted by molar-refractivity contribution is 7.89. The number of hydrogen-bond donors (Lipinski definition) is 1. The van der Waals surface area contributed by atoms with E-state index in [1.54, 1.807) is 18.3 Å². The molecule has 1 aromatic heterocycles. The molecule has 1 saturated carbocycles. The van der Waals surface area contributed by atoms with Gasteiger partial charge in [0.1, 0.15) is 6.10 Å². The number of pyridine rings is 1. The first-order valence-electron chi connectivity index (χ1n) is 10.6. The van der Waals surface area contributed by atoms with Crippen LogP contribution in [0.2, 0.25) is 0 Å². The van der Waals surface area contributed by atoms with E-state index in [9.17, 15) is 13.2 Å². The van der Waals surface area contributed by atoms with E-state index in [1.807, 2.05) is 12.1 Å². The van der Waals surface area contributed by atoms with E-state index < -0.39 is 10.0 Å². The summed E-state index contributed by atoms with van der Waals surface area (Å²) in [5.41, 5.74) is 1.17. The van der Waals surface area contributed by atoms with E-state index >= 15 is 0 Å². The lowest BCUT2D eigenvalue weighted by molar-refractivity contribution is 0.0730. The minimum atomic E-state index is -3.65. The van der Waals surface area contributed by atoms with Gasteiger partial charge < -0.3 is 14.8 Å². The predicted molar refractivity (Wildman–Crippen MR) is 114 cm³/mol. The highest BCUT2D eigenvalue weighted by atomic mass is 32.2. The number of hydrogen-bond acceptors (Lipinski definition) is 6. The van der Waals surface area contributed by atoms with Crippen molar-refractivity contribution in [3.63, 3.8) is 0 Å². The first-order valence-corrected chi connectivity index (χ1v) is 12.0. The van der Waals surface area contributed by atoms with Crippen LogP contribution in [0.1, 0.15) is 41.6 Å². The van der Waals surface area contributed by atoms with E-state index in [2.05, 4.69) is 10.3 Å². The van der Waals surface area contributed by atoms with E-state index in [1.165, 1.54) is 29.3 Å². The summed E-state index contributed by atoms with van der Waals surface area (Å²) < 4.78 is 38.2. The van der Waals surface area contributed by atoms with Gasteiger partial charge in [0.25, 0.3) is 5.91 Å². The maximum absolute atomic E-state index is 12.8. The first-order chi connectivity index (χ1) is 15.0. The third-order valence-corrected chi connectivity index (χ3v) is 7.44. The number of sulfonamides is 1. The van der Waals surface area contributed by atoms with Crippen LogP contribution in [-0.2, 0) is 21.3 Å². The van der Waals surface area contributed by atoms with Crippen molar-refractivity contribution in [1.82, 2.24) is 14.6 Å². The van der Waals surface area contributed by atoms with E-state index in [0.29, 0.717) is 44.3 Å². The van der Waals surface area contributed by atoms with E-state index in [-0.39, 0.29) is 16.9 Å². The summed E-state index contributed by atoms with van der Waals surface area (Å²) in [6, 6.07) is 9.77. The number of amides is 1. The Labute approximate surface area is 182 Å². The predicted octanol–water partition coefficient (Wildman–Crippen LogP) is 2.35. The topological polar surface area (TPSA) is 97.8 Å². The minimum Gasteiger partial charge on any atom is -0.474 e. The zero-order valence-electron chi connectivity index (χ0n) is 17.3. The third kappa shape index (κ3) is 5.41. The number of ether oxygens (including phenoxy) is 2. The number of nitrogens with one attached hydrogen (secondary N) is 1. The Kier molecular flexibility index (Phi) is 6.84. The minimum absolute atomic E-state index is 0.109. The van der Waals surface area contributed by atoms with Gasteiger partial charge >= 0.3 is 0 Å². The Hall–Kier alpha value is -2.49. The van der Waals surface area contributed by atoms with Crippen molar-refractivity contribution in [2.45, 2.75) is 43.2 Å². The summed E-state index contributed by atoms with van der Waals surface area (Å²) in [4.78, 5) is 17.0. The number of carbonyl (C=O) groups excluding carboxylic acids is 1. The quantitative estimate of drug-likeness (QED) is 0.703. The van der Waals surface area contributed by atoms with Crippen LogP contribution in [0, 0.1) is 0 Å². The summed E-state index contributed by atoms with van der Waals surface area (Å²) in [5.74, 6) is 0.228. The molecule has 1 N–H and O–H groups in total. The van der Waals surface area contributed by atoms with Gasteiger partial charge in [-0.3, -0.25) is 4.79 Å². The molecule has 9 heteroatoms. The second kappa shape index (κ2) is 9.76. The van der Waals surface area contributed by atoms with Crippen LogP contribution in [0.4, 0.5) is 0 Å². The van der Waals surface area contributed by atoms with Crippen molar-refractivity contribution in [3.8, 4) is 5.88 Å². The molecule has 0 spiro atoms. The highest BCUT2D eigenvalue weighted by Crippen LogP contribution is 2.23. The Morgan fingerprint density at radius 2 is 1.94 bits per heavy atom. The normalized spacial score (nSPS) is 18.1. The van der Waals surface area contributed by atoms with Crippen LogP contribution in [0.15, 0.2) is 47.5 Å². The Morgan fingerprint density at radius 1 is 1.16 bits per heavy atom. The molecule has 2 aromatic rings. The van der Waals surface area contributed by atoms with Gasteiger partial charge in [0.2, 0.25) is 15.9 Å². The summed E-state index contributed by atoms with van der Waals surface area (Å²) in [5, 5.41) is 2.84. The molecule has 4 rings (SSSR count). The van der Waals surface area contributed by atoms with Crippen molar-refractivity contribution in [2.75, 3.05) is 26.3 Å². The lowest BCUT2D eigenvalue weighted by atomic mass is 10.2. The molecule has 166 valence electrons. The lowest BCUT2D eigenvalue weighted by Crippen LogP contribution is -2.40. The van der Waals surface area contributed by atoms with Crippen molar-refractivity contribution < 1.29 is 22.7 Å². The Morgan fingerprint density at radius 3 is 2.71 bits per heavy atom. The maximum atomic E-state index is 12.8. The number of morpholine rings is 1. The summed E-state index contributed by atoms with van der Waals surface area (Å²) in [6.45, 7) is 1.66. The molecule has 0 unspecified atom stereocenters. The Bertz CT molecular complexity index is 1020. The summed E-state index contributed by atoms with van der Waals surface area (Å²) in [7, 11) is -3.65. The number of aromatic nitrogens is 1. The lowest BCUT2D eigenvalue weighted by Gasteiger charge is -2.26. The molecule has 1 saturated heterocycles. The molecule has 2 aliphatic rings. The molecule has 8 nitrogen and oxygen atoms in total. The monoisotopic (exact) mass is 445 g/mol. The molecule has 2 fully saturated rings. The average molecular weight is 446 g/mol. The number of benzene rings is 1. The molecule has 1 aliphatic heterocycles. The summed E-state index contributed by atoms with van der Waals surface area (Å²) >= 11 is 0. The molecule has 0 radical (unpaired) electrons. The maximum Gasteiger partial charge on any atom is 0.251 e. The highest BCUT2D eigenvalue weighted by Gasteiger charge is 2.27. The average Bonchev–Trinajstić information content (AvgIpc) is 3.31. The second-order valence-electron chi connectivity index (χ2n) is 7.75. The van der Waals surface area contributed by atoms with Crippen LogP contribution in [0.3, 0.4) is 0 Å². The standard InChI is InChI=1S/C22H27N3O5S/c26-22(24-16-17-8-9-23-21(14-17)30-19-5-1-2-6-19)18-4-3-7-20(15-18)31(27,28)25-10-12-29-13-11-25/h3-4,7-9,14-15,19H,1-2,5-6,10-13,16H2,(H,24,26). The first kappa shape index (κ1) is 21.7. The fourth-order valence-corrected chi connectivity index (χ4v) is 5.27. The van der Waals surface area contributed by atoms with Gasteiger partial charge in [-0.15, -0.1) is 0 Å². The number of carbonyl (C=O) groups is 1. The molecular weight excluding hydrogens is 418 g/mol. The zero-order valence-corrected chi connectivity index (χ0v) is 18.1. The molecular formula is C22H27N3O5S. The zero-order chi connectivity index (χ0) is 21.7. The molecule has 1 aromatic carbocycles. The molecule has 2 heterocycles. The molecule has 0 atom stereocenters. The molecule has 0 bridgehead atoms. The van der Waals surface area contributed by atoms with E-state index in [4.69, 9.17) is 9.47 Å². The van der Waals surface area contributed by atoms with Gasteiger partial charge in [-0.2, -0.15) is 4.31 Å². The molecule has 1 amide bonds. The van der Waals surface area contributed by atoms with Crippen LogP contribution in [-0.4, -0.2) is 56.0 Å². The van der Waals surface area contributed by atoms with Crippen molar-refractivity contribution >= 4 is 15.9 Å². The molecule has 1 aliphatic carbocycles. The number of nitrogens with zero attached hydrogens (tertiary/aromatic N) is 2. The Balaban J connectivity index is 1.39. The second-order valence-corrected chi connectivity index (χ2v) is 9.69. The number of rotatable bonds is 7. The van der Waals surface area contributed by atoms with Crippen LogP contribution < -0.4 is 10.1 Å². The van der Waals surface area contributed by atoms with Gasteiger partial charge in [-0.25, -0.2) is 13.4 Å². The van der Waals surface area contributed by atoms with E-state index in [0.717, 1.165) is 18.4 Å². The van der Waals surface area contributed by atoms with Crippen LogP contribution >= 0.6 is 0 Å². The van der Waals surface area contributed by atoms with Crippen LogP contribution in [0.5, 0.6) is 5.88 Å². The smallest absolute Gasteiger partial charge is 0.251 e. The molecule has 31 heavy (non-hydrogen) atoms. The van der Waals surface area contributed by atoms with Gasteiger partial charge in [0.05, 0.1) is 18.1 Å². The van der Waals surface area contributed by atoms with Crippen molar-refractivity contribution in [3.05, 3.63) is 53.7 Å². The van der Waals surface area contributed by atoms with Crippen molar-refractivity contribution in [1.29, 1.82) is 0 Å².